The second kappa shape index (κ2) is 6.36. The lowest BCUT2D eigenvalue weighted by Crippen LogP contribution is -2.28. The SMILES string of the molecule is CC1CCCN(c2nc3sccn3c2CNC(C)C)CC1. The van der Waals surface area contributed by atoms with Gasteiger partial charge in [0.2, 0.25) is 0 Å². The smallest absolute Gasteiger partial charge is 0.195 e. The van der Waals surface area contributed by atoms with E-state index in [0.29, 0.717) is 6.04 Å². The predicted octanol–water partition coefficient (Wildman–Crippen LogP) is 3.52. The molecule has 1 unspecified atom stereocenters. The molecular formula is C16H26N4S. The first-order chi connectivity index (χ1) is 10.1. The summed E-state index contributed by atoms with van der Waals surface area (Å²) in [5.74, 6) is 2.04. The lowest BCUT2D eigenvalue weighted by Gasteiger charge is -2.22. The monoisotopic (exact) mass is 306 g/mol. The zero-order valence-corrected chi connectivity index (χ0v) is 14.1. The summed E-state index contributed by atoms with van der Waals surface area (Å²) in [6.45, 7) is 9.93. The van der Waals surface area contributed by atoms with Gasteiger partial charge in [-0.2, -0.15) is 0 Å². The summed E-state index contributed by atoms with van der Waals surface area (Å²) < 4.78 is 2.25. The van der Waals surface area contributed by atoms with Crippen LogP contribution in [-0.2, 0) is 6.54 Å². The van der Waals surface area contributed by atoms with Crippen LogP contribution in [0.1, 0.15) is 45.7 Å². The highest BCUT2D eigenvalue weighted by Gasteiger charge is 2.21. The molecule has 1 N–H and O–H groups in total. The highest BCUT2D eigenvalue weighted by atomic mass is 32.1. The average molecular weight is 306 g/mol. The topological polar surface area (TPSA) is 32.6 Å². The van der Waals surface area contributed by atoms with Crippen LogP contribution in [0.2, 0.25) is 0 Å². The van der Waals surface area contributed by atoms with Crippen LogP contribution in [0.25, 0.3) is 4.96 Å². The lowest BCUT2D eigenvalue weighted by atomic mass is 10.0. The van der Waals surface area contributed by atoms with Gasteiger partial charge in [-0.3, -0.25) is 4.40 Å². The quantitative estimate of drug-likeness (QED) is 0.938. The van der Waals surface area contributed by atoms with Crippen LogP contribution >= 0.6 is 11.3 Å². The van der Waals surface area contributed by atoms with Crippen molar-refractivity contribution in [1.82, 2.24) is 14.7 Å². The number of rotatable bonds is 4. The van der Waals surface area contributed by atoms with E-state index in [2.05, 4.69) is 47.0 Å². The normalized spacial score (nSPS) is 20.4. The third kappa shape index (κ3) is 3.24. The summed E-state index contributed by atoms with van der Waals surface area (Å²) in [6.07, 6.45) is 6.05. The second-order valence-corrected chi connectivity index (χ2v) is 7.37. The van der Waals surface area contributed by atoms with Gasteiger partial charge in [-0.05, 0) is 25.2 Å². The molecule has 1 aliphatic rings. The second-order valence-electron chi connectivity index (χ2n) is 6.50. The molecule has 1 atom stereocenters. The van der Waals surface area contributed by atoms with E-state index in [1.165, 1.54) is 30.8 Å². The van der Waals surface area contributed by atoms with Crippen LogP contribution in [0.15, 0.2) is 11.6 Å². The van der Waals surface area contributed by atoms with Gasteiger partial charge in [-0.15, -0.1) is 11.3 Å². The standard InChI is InChI=1S/C16H26N4S/c1-12(2)17-11-14-15(18-16-20(14)9-10-21-16)19-7-4-5-13(3)6-8-19/h9-10,12-13,17H,4-8,11H2,1-3H3. The number of thiazole rings is 1. The lowest BCUT2D eigenvalue weighted by molar-refractivity contribution is 0.521. The van der Waals surface area contributed by atoms with E-state index in [1.807, 2.05) is 0 Å². The Morgan fingerprint density at radius 1 is 1.38 bits per heavy atom. The number of imidazole rings is 1. The fourth-order valence-electron chi connectivity index (χ4n) is 3.01. The van der Waals surface area contributed by atoms with Crippen molar-refractivity contribution < 1.29 is 0 Å². The van der Waals surface area contributed by atoms with Crippen molar-refractivity contribution in [2.45, 2.75) is 52.6 Å². The molecule has 0 aromatic carbocycles. The van der Waals surface area contributed by atoms with Crippen molar-refractivity contribution in [1.29, 1.82) is 0 Å². The first-order valence-electron chi connectivity index (χ1n) is 8.08. The molecule has 0 radical (unpaired) electrons. The number of fused-ring (bicyclic) bond motifs is 1. The van der Waals surface area contributed by atoms with Crippen molar-refractivity contribution in [2.75, 3.05) is 18.0 Å². The number of hydrogen-bond donors (Lipinski definition) is 1. The van der Waals surface area contributed by atoms with Crippen molar-refractivity contribution in [3.05, 3.63) is 17.3 Å². The molecule has 3 heterocycles. The molecule has 1 saturated heterocycles. The van der Waals surface area contributed by atoms with Gasteiger partial charge in [0.1, 0.15) is 0 Å². The van der Waals surface area contributed by atoms with Gasteiger partial charge in [-0.25, -0.2) is 4.98 Å². The molecule has 2 aromatic rings. The molecule has 4 nitrogen and oxygen atoms in total. The molecule has 1 fully saturated rings. The molecule has 0 aliphatic carbocycles. The van der Waals surface area contributed by atoms with Crippen LogP contribution in [0.4, 0.5) is 5.82 Å². The van der Waals surface area contributed by atoms with Gasteiger partial charge in [0, 0.05) is 37.3 Å². The van der Waals surface area contributed by atoms with Crippen molar-refractivity contribution in [3.8, 4) is 0 Å². The van der Waals surface area contributed by atoms with Crippen molar-refractivity contribution >= 4 is 22.1 Å². The van der Waals surface area contributed by atoms with E-state index in [-0.39, 0.29) is 0 Å². The van der Waals surface area contributed by atoms with Crippen LogP contribution in [0.3, 0.4) is 0 Å². The average Bonchev–Trinajstić information content (AvgIpc) is 2.94. The van der Waals surface area contributed by atoms with Gasteiger partial charge in [0.05, 0.1) is 5.69 Å². The van der Waals surface area contributed by atoms with E-state index in [4.69, 9.17) is 4.98 Å². The van der Waals surface area contributed by atoms with Crippen LogP contribution < -0.4 is 10.2 Å². The zero-order valence-electron chi connectivity index (χ0n) is 13.3. The van der Waals surface area contributed by atoms with Crippen LogP contribution in [0.5, 0.6) is 0 Å². The van der Waals surface area contributed by atoms with E-state index in [0.717, 1.165) is 30.5 Å². The Balaban J connectivity index is 1.89. The maximum atomic E-state index is 4.91. The van der Waals surface area contributed by atoms with E-state index >= 15 is 0 Å². The molecule has 0 amide bonds. The van der Waals surface area contributed by atoms with Gasteiger partial charge in [0.25, 0.3) is 0 Å². The fourth-order valence-corrected chi connectivity index (χ4v) is 3.74. The van der Waals surface area contributed by atoms with Crippen molar-refractivity contribution in [2.24, 2.45) is 5.92 Å². The van der Waals surface area contributed by atoms with Gasteiger partial charge >= 0.3 is 0 Å². The summed E-state index contributed by atoms with van der Waals surface area (Å²) >= 11 is 1.72. The Morgan fingerprint density at radius 3 is 3.05 bits per heavy atom. The molecule has 21 heavy (non-hydrogen) atoms. The molecular weight excluding hydrogens is 280 g/mol. The Labute approximate surface area is 131 Å². The summed E-state index contributed by atoms with van der Waals surface area (Å²) in [6, 6.07) is 0.492. The zero-order chi connectivity index (χ0) is 14.8. The van der Waals surface area contributed by atoms with E-state index < -0.39 is 0 Å². The van der Waals surface area contributed by atoms with Gasteiger partial charge in [0.15, 0.2) is 10.8 Å². The molecule has 0 spiro atoms. The summed E-state index contributed by atoms with van der Waals surface area (Å²) in [5, 5.41) is 5.67. The van der Waals surface area contributed by atoms with Crippen LogP contribution in [-0.4, -0.2) is 28.5 Å². The molecule has 5 heteroatoms. The Hall–Kier alpha value is -1.07. The maximum absolute atomic E-state index is 4.91. The van der Waals surface area contributed by atoms with Crippen molar-refractivity contribution in [3.63, 3.8) is 0 Å². The molecule has 3 rings (SSSR count). The number of nitrogens with one attached hydrogen (secondary N) is 1. The highest BCUT2D eigenvalue weighted by Crippen LogP contribution is 2.28. The molecule has 1 aliphatic heterocycles. The predicted molar refractivity (Wildman–Crippen MR) is 90.3 cm³/mol. The molecule has 2 aromatic heterocycles. The Kier molecular flexibility index (Phi) is 4.50. The first kappa shape index (κ1) is 14.9. The van der Waals surface area contributed by atoms with E-state index in [1.54, 1.807) is 11.3 Å². The third-order valence-electron chi connectivity index (χ3n) is 4.33. The third-order valence-corrected chi connectivity index (χ3v) is 5.09. The molecule has 116 valence electrons. The van der Waals surface area contributed by atoms with E-state index in [9.17, 15) is 0 Å². The Bertz CT molecular complexity index is 586. The minimum absolute atomic E-state index is 0.492. The van der Waals surface area contributed by atoms with Crippen LogP contribution in [0, 0.1) is 5.92 Å². The number of anilines is 1. The molecule has 0 saturated carbocycles. The minimum atomic E-state index is 0.492. The fraction of sp³-hybridized carbons (Fsp3) is 0.688. The summed E-state index contributed by atoms with van der Waals surface area (Å²) in [5.41, 5.74) is 1.31. The molecule has 0 bridgehead atoms. The number of hydrogen-bond acceptors (Lipinski definition) is 4. The number of aromatic nitrogens is 2. The number of nitrogens with zero attached hydrogens (tertiary/aromatic N) is 3. The minimum Gasteiger partial charge on any atom is -0.355 e. The van der Waals surface area contributed by atoms with Gasteiger partial charge < -0.3 is 10.2 Å². The first-order valence-corrected chi connectivity index (χ1v) is 8.96. The summed E-state index contributed by atoms with van der Waals surface area (Å²) in [4.78, 5) is 8.52. The van der Waals surface area contributed by atoms with Gasteiger partial charge in [-0.1, -0.05) is 20.8 Å². The Morgan fingerprint density at radius 2 is 2.24 bits per heavy atom. The summed E-state index contributed by atoms with van der Waals surface area (Å²) in [7, 11) is 0. The highest BCUT2D eigenvalue weighted by molar-refractivity contribution is 7.15. The maximum Gasteiger partial charge on any atom is 0.195 e. The largest absolute Gasteiger partial charge is 0.355 e.